The van der Waals surface area contributed by atoms with E-state index in [0.717, 1.165) is 0 Å². The minimum absolute atomic E-state index is 0.0670. The lowest BCUT2D eigenvalue weighted by Crippen LogP contribution is -2.15. The first-order valence-electron chi connectivity index (χ1n) is 32.1. The minimum atomic E-state index is -0.171. The lowest BCUT2D eigenvalue weighted by Gasteiger charge is -2.23. The van der Waals surface area contributed by atoms with E-state index in [9.17, 15) is 0 Å². The molecule has 0 fully saturated rings. The fourth-order valence-electron chi connectivity index (χ4n) is 16.9. The quantitative estimate of drug-likeness (QED) is 0.141. The third-order valence-corrected chi connectivity index (χ3v) is 21.7. The highest BCUT2D eigenvalue weighted by Crippen LogP contribution is 2.55. The second-order valence-electron chi connectivity index (χ2n) is 28.1. The van der Waals surface area contributed by atoms with Gasteiger partial charge in [0.25, 0.3) is 0 Å². The summed E-state index contributed by atoms with van der Waals surface area (Å²) in [6.07, 6.45) is 9.17. The Morgan fingerprint density at radius 1 is 0.222 bits per heavy atom. The number of para-hydroxylation sites is 2. The Kier molecular flexibility index (Phi) is 10.9. The van der Waals surface area contributed by atoms with Crippen LogP contribution in [0.3, 0.4) is 0 Å². The molecule has 0 aliphatic heterocycles. The summed E-state index contributed by atoms with van der Waals surface area (Å²) in [5, 5.41) is 5.06. The SMILES string of the molecule is CC1(C)c2cc(C=Cc3ccc4c(c3)c3ccccc3n4-c3ccc4c(c3)C(C)(C)c3ccccc3-4)ccc2-c2ccc(-c3ccc4c(c3)C(C)(C)c3cc(C=Cc5ccc6c(c5)c5ccccc5n6-c5ccc6c(c5)C(C)(C)c5ccccc5-6)ccc3-4)cc21. The van der Waals surface area contributed by atoms with Crippen LogP contribution in [0.25, 0.3) is 135 Å². The van der Waals surface area contributed by atoms with E-state index >= 15 is 0 Å². The number of rotatable bonds is 7. The van der Waals surface area contributed by atoms with Crippen LogP contribution < -0.4 is 0 Å². The zero-order chi connectivity index (χ0) is 60.7. The Hall–Kier alpha value is -10.3. The Labute approximate surface area is 527 Å². The number of fused-ring (bicyclic) bond motifs is 18. The molecule has 2 nitrogen and oxygen atoms in total. The Morgan fingerprint density at radius 3 is 0.933 bits per heavy atom. The standard InChI is InChI=1S/C88H68N2/c1-85(2)73-21-13-9-17-61(73)67-41-35-59(51-79(67)85)89-81-23-15-11-19-69(81)71-45-53(31-43-83(71)89)25-27-55-29-37-63-65-39-33-57(49-77(65)87(5,6)75(63)47-55)58-34-40-66-64-38-30-56(48-76(64)88(7,8)78(66)50-58)28-26-54-32-44-84-72(46-54)70-20-12-16-24-82(70)90(84)60-36-42-68-62-18-10-14-22-74(62)86(3,4)80(68)52-60/h9-52H,1-8H3. The van der Waals surface area contributed by atoms with Gasteiger partial charge in [-0.05, 0) is 195 Å². The summed E-state index contributed by atoms with van der Waals surface area (Å²) in [6.45, 7) is 19.1. The molecule has 14 aromatic rings. The number of hydrogen-bond acceptors (Lipinski definition) is 0. The van der Waals surface area contributed by atoms with E-state index in [1.807, 2.05) is 0 Å². The number of nitrogens with zero attached hydrogens (tertiary/aromatic N) is 2. The Balaban J connectivity index is 0.601. The van der Waals surface area contributed by atoms with Crippen molar-refractivity contribution < 1.29 is 0 Å². The van der Waals surface area contributed by atoms with Gasteiger partial charge in [-0.3, -0.25) is 0 Å². The lowest BCUT2D eigenvalue weighted by atomic mass is 9.80. The maximum absolute atomic E-state index is 2.47. The molecular weight excluding hydrogens is 1080 g/mol. The smallest absolute Gasteiger partial charge is 0.0541 e. The largest absolute Gasteiger partial charge is 0.309 e. The zero-order valence-electron chi connectivity index (χ0n) is 52.3. The van der Waals surface area contributed by atoms with Crippen molar-refractivity contribution in [3.05, 3.63) is 309 Å². The summed E-state index contributed by atoms with van der Waals surface area (Å²) in [5.41, 5.74) is 36.0. The molecule has 0 N–H and O–H groups in total. The van der Waals surface area contributed by atoms with E-state index in [0.29, 0.717) is 0 Å². The van der Waals surface area contributed by atoms with Crippen LogP contribution in [0.1, 0.15) is 122 Å². The third-order valence-electron chi connectivity index (χ3n) is 21.7. The molecule has 18 rings (SSSR count). The van der Waals surface area contributed by atoms with Gasteiger partial charge >= 0.3 is 0 Å². The van der Waals surface area contributed by atoms with Gasteiger partial charge in [-0.15, -0.1) is 0 Å². The van der Waals surface area contributed by atoms with Crippen LogP contribution in [0.5, 0.6) is 0 Å². The summed E-state index contributed by atoms with van der Waals surface area (Å²) >= 11 is 0. The number of benzene rings is 12. The molecule has 0 atom stereocenters. The van der Waals surface area contributed by atoms with Gasteiger partial charge in [0, 0.05) is 54.6 Å². The van der Waals surface area contributed by atoms with Gasteiger partial charge in [-0.1, -0.05) is 250 Å². The first kappa shape index (κ1) is 52.8. The second kappa shape index (κ2) is 18.6. The molecule has 430 valence electrons. The molecule has 0 saturated carbocycles. The van der Waals surface area contributed by atoms with Crippen molar-refractivity contribution in [2.75, 3.05) is 0 Å². The molecular formula is C88H68N2. The van der Waals surface area contributed by atoms with Crippen LogP contribution in [-0.4, -0.2) is 9.13 Å². The maximum atomic E-state index is 2.47. The molecule has 2 aromatic heterocycles. The van der Waals surface area contributed by atoms with Crippen molar-refractivity contribution in [1.29, 1.82) is 0 Å². The molecule has 0 saturated heterocycles. The molecule has 0 amide bonds. The molecule has 2 heterocycles. The predicted octanol–water partition coefficient (Wildman–Crippen LogP) is 23.1. The van der Waals surface area contributed by atoms with Crippen LogP contribution in [-0.2, 0) is 21.7 Å². The van der Waals surface area contributed by atoms with Gasteiger partial charge in [0.15, 0.2) is 0 Å². The van der Waals surface area contributed by atoms with Crippen LogP contribution in [0.15, 0.2) is 243 Å². The van der Waals surface area contributed by atoms with Crippen LogP contribution in [0, 0.1) is 0 Å². The molecule has 4 aliphatic carbocycles. The van der Waals surface area contributed by atoms with Gasteiger partial charge in [-0.2, -0.15) is 0 Å². The van der Waals surface area contributed by atoms with E-state index < -0.39 is 0 Å². The van der Waals surface area contributed by atoms with Gasteiger partial charge < -0.3 is 9.13 Å². The van der Waals surface area contributed by atoms with Gasteiger partial charge in [0.2, 0.25) is 0 Å². The molecule has 12 aromatic carbocycles. The van der Waals surface area contributed by atoms with Crippen LogP contribution >= 0.6 is 0 Å². The normalized spacial score (nSPS) is 15.6. The van der Waals surface area contributed by atoms with E-state index in [4.69, 9.17) is 0 Å². The van der Waals surface area contributed by atoms with Gasteiger partial charge in [0.1, 0.15) is 0 Å². The van der Waals surface area contributed by atoms with Crippen molar-refractivity contribution in [2.24, 2.45) is 0 Å². The molecule has 90 heavy (non-hydrogen) atoms. The molecule has 0 bridgehead atoms. The maximum Gasteiger partial charge on any atom is 0.0541 e. The highest BCUT2D eigenvalue weighted by atomic mass is 15.0. The summed E-state index contributed by atoms with van der Waals surface area (Å²) in [6, 6.07) is 92.2. The second-order valence-corrected chi connectivity index (χ2v) is 28.1. The summed E-state index contributed by atoms with van der Waals surface area (Å²) in [7, 11) is 0. The molecule has 0 unspecified atom stereocenters. The van der Waals surface area contributed by atoms with E-state index in [1.54, 1.807) is 0 Å². The summed E-state index contributed by atoms with van der Waals surface area (Å²) in [5.74, 6) is 0. The van der Waals surface area contributed by atoms with Crippen molar-refractivity contribution in [1.82, 2.24) is 9.13 Å². The first-order valence-corrected chi connectivity index (χ1v) is 32.1. The topological polar surface area (TPSA) is 9.86 Å². The first-order chi connectivity index (χ1) is 43.6. The number of aromatic nitrogens is 2. The predicted molar refractivity (Wildman–Crippen MR) is 382 cm³/mol. The summed E-state index contributed by atoms with van der Waals surface area (Å²) < 4.78 is 4.91. The molecule has 4 aliphatic rings. The average molecular weight is 1150 g/mol. The van der Waals surface area contributed by atoms with Gasteiger partial charge in [-0.25, -0.2) is 0 Å². The van der Waals surface area contributed by atoms with E-state index in [-0.39, 0.29) is 21.7 Å². The minimum Gasteiger partial charge on any atom is -0.309 e. The zero-order valence-corrected chi connectivity index (χ0v) is 52.3. The molecule has 0 spiro atoms. The van der Waals surface area contributed by atoms with Crippen LogP contribution in [0.4, 0.5) is 0 Å². The Bertz CT molecular complexity index is 5200. The fourth-order valence-corrected chi connectivity index (χ4v) is 16.9. The van der Waals surface area contributed by atoms with Crippen molar-refractivity contribution in [3.8, 4) is 67.0 Å². The third kappa shape index (κ3) is 7.45. The monoisotopic (exact) mass is 1150 g/mol. The van der Waals surface area contributed by atoms with Crippen molar-refractivity contribution in [2.45, 2.75) is 77.0 Å². The fraction of sp³-hybridized carbons (Fsp3) is 0.136. The number of hydrogen-bond donors (Lipinski definition) is 0. The summed E-state index contributed by atoms with van der Waals surface area (Å²) in [4.78, 5) is 0. The van der Waals surface area contributed by atoms with Crippen molar-refractivity contribution >= 4 is 67.9 Å². The molecule has 0 radical (unpaired) electrons. The highest BCUT2D eigenvalue weighted by Gasteiger charge is 2.40. The van der Waals surface area contributed by atoms with E-state index in [2.05, 4.69) is 331 Å². The Morgan fingerprint density at radius 2 is 0.511 bits per heavy atom. The van der Waals surface area contributed by atoms with Gasteiger partial charge in [0.05, 0.1) is 22.1 Å². The molecule has 2 heteroatoms. The van der Waals surface area contributed by atoms with E-state index in [1.165, 1.54) is 177 Å². The van der Waals surface area contributed by atoms with Crippen molar-refractivity contribution in [3.63, 3.8) is 0 Å². The highest BCUT2D eigenvalue weighted by molar-refractivity contribution is 6.11. The lowest BCUT2D eigenvalue weighted by molar-refractivity contribution is 0.659. The average Bonchev–Trinajstić information content (AvgIpc) is 1.62. The van der Waals surface area contributed by atoms with Crippen LogP contribution in [0.2, 0.25) is 0 Å².